The first-order valence-corrected chi connectivity index (χ1v) is 7.66. The minimum Gasteiger partial charge on any atom is -0.367 e. The second-order valence-corrected chi connectivity index (χ2v) is 5.98. The third-order valence-corrected chi connectivity index (χ3v) is 4.03. The normalized spacial score (nSPS) is 22.0. The van der Waals surface area contributed by atoms with Crippen LogP contribution in [0.2, 0.25) is 0 Å². The standard InChI is InChI=1S/C17H25N3/c1-4-7-19-11-15-5-6-17(16(9-15)10-18)20-12-13(2)8-14(20)3/h5-6,9,13-14,19H,4,7-8,11-12H2,1-3H3. The molecule has 0 bridgehead atoms. The van der Waals surface area contributed by atoms with Gasteiger partial charge in [-0.2, -0.15) is 5.26 Å². The van der Waals surface area contributed by atoms with E-state index < -0.39 is 0 Å². The van der Waals surface area contributed by atoms with Gasteiger partial charge in [-0.1, -0.05) is 19.9 Å². The van der Waals surface area contributed by atoms with Gasteiger partial charge >= 0.3 is 0 Å². The van der Waals surface area contributed by atoms with Crippen LogP contribution in [0.3, 0.4) is 0 Å². The molecule has 0 aromatic heterocycles. The lowest BCUT2D eigenvalue weighted by molar-refractivity contribution is 0.625. The van der Waals surface area contributed by atoms with Gasteiger partial charge in [-0.15, -0.1) is 0 Å². The minimum atomic E-state index is 0.529. The number of hydrogen-bond donors (Lipinski definition) is 1. The van der Waals surface area contributed by atoms with Crippen LogP contribution in [0, 0.1) is 17.2 Å². The molecule has 20 heavy (non-hydrogen) atoms. The van der Waals surface area contributed by atoms with E-state index in [1.807, 2.05) is 6.07 Å². The maximum atomic E-state index is 9.43. The van der Waals surface area contributed by atoms with Gasteiger partial charge in [0.25, 0.3) is 0 Å². The fraction of sp³-hybridized carbons (Fsp3) is 0.588. The number of benzene rings is 1. The van der Waals surface area contributed by atoms with Gasteiger partial charge in [0.15, 0.2) is 0 Å². The van der Waals surface area contributed by atoms with Gasteiger partial charge in [0.05, 0.1) is 11.3 Å². The molecule has 0 saturated carbocycles. The lowest BCUT2D eigenvalue weighted by Crippen LogP contribution is -2.27. The second-order valence-electron chi connectivity index (χ2n) is 5.98. The summed E-state index contributed by atoms with van der Waals surface area (Å²) >= 11 is 0. The molecule has 0 aliphatic carbocycles. The molecule has 108 valence electrons. The first kappa shape index (κ1) is 14.9. The maximum Gasteiger partial charge on any atom is 0.101 e. The zero-order valence-corrected chi connectivity index (χ0v) is 12.8. The fourth-order valence-electron chi connectivity index (χ4n) is 3.08. The highest BCUT2D eigenvalue weighted by atomic mass is 15.2. The van der Waals surface area contributed by atoms with Crippen LogP contribution in [0.5, 0.6) is 0 Å². The van der Waals surface area contributed by atoms with Crippen LogP contribution in [0.15, 0.2) is 18.2 Å². The average molecular weight is 271 g/mol. The topological polar surface area (TPSA) is 39.1 Å². The van der Waals surface area contributed by atoms with E-state index >= 15 is 0 Å². The summed E-state index contributed by atoms with van der Waals surface area (Å²) in [6.07, 6.45) is 2.34. The summed E-state index contributed by atoms with van der Waals surface area (Å²) in [4.78, 5) is 2.38. The number of rotatable bonds is 5. The molecule has 3 heteroatoms. The third-order valence-electron chi connectivity index (χ3n) is 4.03. The van der Waals surface area contributed by atoms with Gasteiger partial charge in [-0.25, -0.2) is 0 Å². The molecule has 0 spiro atoms. The Bertz CT molecular complexity index is 489. The number of anilines is 1. The molecule has 2 rings (SSSR count). The Labute approximate surface area is 122 Å². The van der Waals surface area contributed by atoms with Crippen molar-refractivity contribution in [3.8, 4) is 6.07 Å². The summed E-state index contributed by atoms with van der Waals surface area (Å²) in [7, 11) is 0. The van der Waals surface area contributed by atoms with Gasteiger partial charge in [-0.05, 0) is 49.9 Å². The van der Waals surface area contributed by atoms with E-state index in [-0.39, 0.29) is 0 Å². The van der Waals surface area contributed by atoms with Crippen molar-refractivity contribution in [2.45, 2.75) is 46.2 Å². The van der Waals surface area contributed by atoms with Crippen LogP contribution in [0.4, 0.5) is 5.69 Å². The monoisotopic (exact) mass is 271 g/mol. The van der Waals surface area contributed by atoms with Crippen LogP contribution in [-0.2, 0) is 6.54 Å². The number of nitrogens with zero attached hydrogens (tertiary/aromatic N) is 2. The number of nitrogens with one attached hydrogen (secondary N) is 1. The van der Waals surface area contributed by atoms with Gasteiger partial charge in [0, 0.05) is 19.1 Å². The highest BCUT2D eigenvalue weighted by Crippen LogP contribution is 2.31. The Morgan fingerprint density at radius 3 is 2.80 bits per heavy atom. The largest absolute Gasteiger partial charge is 0.367 e. The molecular weight excluding hydrogens is 246 g/mol. The molecule has 1 aromatic carbocycles. The summed E-state index contributed by atoms with van der Waals surface area (Å²) in [5.74, 6) is 0.711. The first-order chi connectivity index (χ1) is 9.65. The van der Waals surface area contributed by atoms with Crippen molar-refractivity contribution in [1.82, 2.24) is 5.32 Å². The van der Waals surface area contributed by atoms with Crippen molar-refractivity contribution in [1.29, 1.82) is 5.26 Å². The second kappa shape index (κ2) is 6.76. The van der Waals surface area contributed by atoms with Gasteiger partial charge in [0.1, 0.15) is 6.07 Å². The van der Waals surface area contributed by atoms with Crippen LogP contribution in [0.1, 0.15) is 44.7 Å². The Morgan fingerprint density at radius 2 is 2.20 bits per heavy atom. The molecule has 0 amide bonds. The Balaban J connectivity index is 2.16. The van der Waals surface area contributed by atoms with Crippen molar-refractivity contribution in [3.05, 3.63) is 29.3 Å². The van der Waals surface area contributed by atoms with Crippen molar-refractivity contribution in [3.63, 3.8) is 0 Å². The molecule has 0 radical (unpaired) electrons. The Hall–Kier alpha value is -1.53. The van der Waals surface area contributed by atoms with E-state index in [0.29, 0.717) is 12.0 Å². The molecule has 2 atom stereocenters. The molecule has 1 heterocycles. The molecule has 1 aliphatic rings. The Morgan fingerprint density at radius 1 is 1.40 bits per heavy atom. The number of nitriles is 1. The van der Waals surface area contributed by atoms with E-state index in [4.69, 9.17) is 0 Å². The first-order valence-electron chi connectivity index (χ1n) is 7.66. The van der Waals surface area contributed by atoms with E-state index in [0.717, 1.165) is 37.3 Å². The van der Waals surface area contributed by atoms with Crippen LogP contribution >= 0.6 is 0 Å². The summed E-state index contributed by atoms with van der Waals surface area (Å²) in [6, 6.07) is 9.20. The molecule has 2 unspecified atom stereocenters. The minimum absolute atomic E-state index is 0.529. The van der Waals surface area contributed by atoms with E-state index in [1.165, 1.54) is 12.0 Å². The summed E-state index contributed by atoms with van der Waals surface area (Å²) in [5.41, 5.74) is 3.10. The molecule has 1 N–H and O–H groups in total. The molecule has 1 aromatic rings. The quantitative estimate of drug-likeness (QED) is 0.835. The van der Waals surface area contributed by atoms with Gasteiger partial charge in [0.2, 0.25) is 0 Å². The van der Waals surface area contributed by atoms with E-state index in [2.05, 4.69) is 49.2 Å². The van der Waals surface area contributed by atoms with Crippen LogP contribution in [-0.4, -0.2) is 19.1 Å². The Kier molecular flexibility index (Phi) is 5.03. The molecule has 1 saturated heterocycles. The SMILES string of the molecule is CCCNCc1ccc(N2CC(C)CC2C)c(C#N)c1. The molecular formula is C17H25N3. The van der Waals surface area contributed by atoms with Crippen molar-refractivity contribution < 1.29 is 0 Å². The predicted molar refractivity (Wildman–Crippen MR) is 83.7 cm³/mol. The number of hydrogen-bond acceptors (Lipinski definition) is 3. The average Bonchev–Trinajstić information content (AvgIpc) is 2.77. The summed E-state index contributed by atoms with van der Waals surface area (Å²) < 4.78 is 0. The lowest BCUT2D eigenvalue weighted by Gasteiger charge is -2.25. The van der Waals surface area contributed by atoms with Crippen molar-refractivity contribution in [2.75, 3.05) is 18.0 Å². The van der Waals surface area contributed by atoms with Crippen molar-refractivity contribution in [2.24, 2.45) is 5.92 Å². The highest BCUT2D eigenvalue weighted by Gasteiger charge is 2.27. The van der Waals surface area contributed by atoms with Gasteiger partial charge < -0.3 is 10.2 Å². The van der Waals surface area contributed by atoms with Gasteiger partial charge in [-0.3, -0.25) is 0 Å². The van der Waals surface area contributed by atoms with Crippen LogP contribution < -0.4 is 10.2 Å². The highest BCUT2D eigenvalue weighted by molar-refractivity contribution is 5.61. The van der Waals surface area contributed by atoms with Crippen molar-refractivity contribution >= 4 is 5.69 Å². The van der Waals surface area contributed by atoms with E-state index in [9.17, 15) is 5.26 Å². The zero-order chi connectivity index (χ0) is 14.5. The summed E-state index contributed by atoms with van der Waals surface area (Å²) in [5, 5.41) is 12.8. The summed E-state index contributed by atoms with van der Waals surface area (Å²) in [6.45, 7) is 9.61. The lowest BCUT2D eigenvalue weighted by atomic mass is 10.1. The predicted octanol–water partition coefficient (Wildman–Crippen LogP) is 3.29. The van der Waals surface area contributed by atoms with E-state index in [1.54, 1.807) is 0 Å². The fourth-order valence-corrected chi connectivity index (χ4v) is 3.08. The molecule has 1 aliphatic heterocycles. The maximum absolute atomic E-state index is 9.43. The van der Waals surface area contributed by atoms with Crippen LogP contribution in [0.25, 0.3) is 0 Å². The third kappa shape index (κ3) is 3.32. The molecule has 3 nitrogen and oxygen atoms in total. The smallest absolute Gasteiger partial charge is 0.101 e. The molecule has 1 fully saturated rings. The zero-order valence-electron chi connectivity index (χ0n) is 12.8.